The van der Waals surface area contributed by atoms with Crippen LogP contribution in [-0.2, 0) is 0 Å². The van der Waals surface area contributed by atoms with E-state index in [1.807, 2.05) is 31.2 Å². The zero-order valence-corrected chi connectivity index (χ0v) is 10.9. The highest BCUT2D eigenvalue weighted by Crippen LogP contribution is 2.35. The maximum Gasteiger partial charge on any atom is 0.230 e. The first-order valence-corrected chi connectivity index (χ1v) is 6.30. The number of fused-ring (bicyclic) bond motifs is 1. The summed E-state index contributed by atoms with van der Waals surface area (Å²) in [6.45, 7) is 2.01. The van der Waals surface area contributed by atoms with E-state index in [0.29, 0.717) is 11.5 Å². The first kappa shape index (κ1) is 11.1. The Labute approximate surface area is 108 Å². The average molecular weight is 260 g/mol. The van der Waals surface area contributed by atoms with Crippen LogP contribution >= 0.6 is 11.3 Å². The standard InChI is InChI=1S/C13H12N2O2S/c1-7-5-9(12(14)18-7)13-15-10-4-3-8(16-2)6-11(10)17-13/h3-6H,14H2,1-2H3. The van der Waals surface area contributed by atoms with Crippen LogP contribution in [0.4, 0.5) is 5.00 Å². The molecule has 0 bridgehead atoms. The number of aryl methyl sites for hydroxylation is 1. The van der Waals surface area contributed by atoms with Crippen LogP contribution in [0.1, 0.15) is 4.88 Å². The zero-order valence-electron chi connectivity index (χ0n) is 10.1. The van der Waals surface area contributed by atoms with Crippen molar-refractivity contribution in [1.82, 2.24) is 4.98 Å². The molecule has 0 fully saturated rings. The van der Waals surface area contributed by atoms with Crippen molar-refractivity contribution in [3.05, 3.63) is 29.1 Å². The van der Waals surface area contributed by atoms with E-state index >= 15 is 0 Å². The molecule has 0 aliphatic heterocycles. The molecule has 0 aliphatic carbocycles. The Morgan fingerprint density at radius 1 is 1.33 bits per heavy atom. The summed E-state index contributed by atoms with van der Waals surface area (Å²) in [5.74, 6) is 1.31. The lowest BCUT2D eigenvalue weighted by atomic mass is 10.3. The maximum absolute atomic E-state index is 5.95. The minimum Gasteiger partial charge on any atom is -0.497 e. The number of benzene rings is 1. The summed E-state index contributed by atoms with van der Waals surface area (Å²) < 4.78 is 10.9. The molecule has 4 nitrogen and oxygen atoms in total. The van der Waals surface area contributed by atoms with Gasteiger partial charge in [0, 0.05) is 10.9 Å². The Morgan fingerprint density at radius 3 is 2.83 bits per heavy atom. The molecule has 2 aromatic heterocycles. The highest BCUT2D eigenvalue weighted by Gasteiger charge is 2.13. The lowest BCUT2D eigenvalue weighted by Gasteiger charge is -1.95. The summed E-state index contributed by atoms with van der Waals surface area (Å²) in [5.41, 5.74) is 8.30. The summed E-state index contributed by atoms with van der Waals surface area (Å²) in [6, 6.07) is 7.54. The largest absolute Gasteiger partial charge is 0.497 e. The van der Waals surface area contributed by atoms with Gasteiger partial charge in [-0.05, 0) is 25.1 Å². The van der Waals surface area contributed by atoms with E-state index in [1.54, 1.807) is 7.11 Å². The van der Waals surface area contributed by atoms with Crippen LogP contribution in [0.15, 0.2) is 28.7 Å². The fourth-order valence-electron chi connectivity index (χ4n) is 1.85. The molecule has 0 atom stereocenters. The van der Waals surface area contributed by atoms with Crippen molar-refractivity contribution in [2.24, 2.45) is 0 Å². The van der Waals surface area contributed by atoms with Gasteiger partial charge in [-0.3, -0.25) is 0 Å². The van der Waals surface area contributed by atoms with E-state index in [1.165, 1.54) is 11.3 Å². The monoisotopic (exact) mass is 260 g/mol. The molecular formula is C13H12N2O2S. The number of nitrogens with zero attached hydrogens (tertiary/aromatic N) is 1. The van der Waals surface area contributed by atoms with Crippen molar-refractivity contribution in [3.8, 4) is 17.2 Å². The third-order valence-electron chi connectivity index (χ3n) is 2.71. The van der Waals surface area contributed by atoms with Crippen molar-refractivity contribution < 1.29 is 9.15 Å². The van der Waals surface area contributed by atoms with Gasteiger partial charge in [-0.25, -0.2) is 4.98 Å². The fraction of sp³-hybridized carbons (Fsp3) is 0.154. The van der Waals surface area contributed by atoms with Crippen molar-refractivity contribution in [3.63, 3.8) is 0 Å². The molecule has 18 heavy (non-hydrogen) atoms. The van der Waals surface area contributed by atoms with Crippen molar-refractivity contribution in [2.75, 3.05) is 12.8 Å². The Kier molecular flexibility index (Phi) is 2.48. The molecule has 0 aliphatic rings. The highest BCUT2D eigenvalue weighted by molar-refractivity contribution is 7.16. The molecule has 0 saturated heterocycles. The first-order valence-electron chi connectivity index (χ1n) is 5.48. The van der Waals surface area contributed by atoms with Crippen molar-refractivity contribution in [2.45, 2.75) is 6.92 Å². The van der Waals surface area contributed by atoms with Crippen LogP contribution in [0.3, 0.4) is 0 Å². The van der Waals surface area contributed by atoms with Gasteiger partial charge in [-0.1, -0.05) is 0 Å². The molecule has 3 rings (SSSR count). The number of methoxy groups -OCH3 is 1. The van der Waals surface area contributed by atoms with Gasteiger partial charge < -0.3 is 14.9 Å². The number of oxazole rings is 1. The van der Waals surface area contributed by atoms with Crippen molar-refractivity contribution >= 4 is 27.4 Å². The van der Waals surface area contributed by atoms with Gasteiger partial charge >= 0.3 is 0 Å². The fourth-order valence-corrected chi connectivity index (χ4v) is 2.63. The summed E-state index contributed by atoms with van der Waals surface area (Å²) in [4.78, 5) is 5.58. The van der Waals surface area contributed by atoms with Crippen LogP contribution in [0.2, 0.25) is 0 Å². The van der Waals surface area contributed by atoms with Gasteiger partial charge in [0.2, 0.25) is 5.89 Å². The molecule has 0 radical (unpaired) electrons. The number of rotatable bonds is 2. The first-order chi connectivity index (χ1) is 8.67. The molecule has 3 aromatic rings. The zero-order chi connectivity index (χ0) is 12.7. The van der Waals surface area contributed by atoms with Gasteiger partial charge in [0.15, 0.2) is 5.58 Å². The molecule has 0 unspecified atom stereocenters. The summed E-state index contributed by atoms with van der Waals surface area (Å²) in [7, 11) is 1.62. The van der Waals surface area contributed by atoms with E-state index in [2.05, 4.69) is 4.98 Å². The minimum absolute atomic E-state index is 0.556. The van der Waals surface area contributed by atoms with Gasteiger partial charge in [0.05, 0.1) is 17.7 Å². The van der Waals surface area contributed by atoms with Gasteiger partial charge in [0.1, 0.15) is 11.3 Å². The molecule has 92 valence electrons. The van der Waals surface area contributed by atoms with E-state index in [9.17, 15) is 0 Å². The van der Waals surface area contributed by atoms with Crippen LogP contribution < -0.4 is 10.5 Å². The second kappa shape index (κ2) is 4.03. The lowest BCUT2D eigenvalue weighted by Crippen LogP contribution is -1.82. The van der Waals surface area contributed by atoms with Crippen LogP contribution in [0, 0.1) is 6.92 Å². The molecule has 0 saturated carbocycles. The predicted molar refractivity (Wildman–Crippen MR) is 73.0 cm³/mol. The van der Waals surface area contributed by atoms with Crippen molar-refractivity contribution in [1.29, 1.82) is 0 Å². The number of thiophene rings is 1. The Morgan fingerprint density at radius 2 is 2.17 bits per heavy atom. The second-order valence-corrected chi connectivity index (χ2v) is 5.28. The highest BCUT2D eigenvalue weighted by atomic mass is 32.1. The maximum atomic E-state index is 5.95. The number of nitrogens with two attached hydrogens (primary N) is 1. The van der Waals surface area contributed by atoms with Crippen LogP contribution in [0.25, 0.3) is 22.6 Å². The van der Waals surface area contributed by atoms with E-state index in [4.69, 9.17) is 14.9 Å². The van der Waals surface area contributed by atoms with E-state index in [-0.39, 0.29) is 0 Å². The lowest BCUT2D eigenvalue weighted by molar-refractivity contribution is 0.414. The number of hydrogen-bond donors (Lipinski definition) is 1. The summed E-state index contributed by atoms with van der Waals surface area (Å²) in [6.07, 6.45) is 0. The molecule has 2 heterocycles. The normalized spacial score (nSPS) is 11.0. The molecule has 1 aromatic carbocycles. The van der Waals surface area contributed by atoms with E-state index < -0.39 is 0 Å². The summed E-state index contributed by atoms with van der Waals surface area (Å²) >= 11 is 1.53. The number of aromatic nitrogens is 1. The second-order valence-electron chi connectivity index (χ2n) is 3.99. The molecular weight excluding hydrogens is 248 g/mol. The Balaban J connectivity index is 2.16. The minimum atomic E-state index is 0.556. The molecule has 2 N–H and O–H groups in total. The Bertz CT molecular complexity index is 715. The molecule has 5 heteroatoms. The molecule has 0 amide bonds. The number of hydrogen-bond acceptors (Lipinski definition) is 5. The molecule has 0 spiro atoms. The SMILES string of the molecule is COc1ccc2nc(-c3cc(C)sc3N)oc2c1. The topological polar surface area (TPSA) is 61.3 Å². The van der Waals surface area contributed by atoms with Gasteiger partial charge in [-0.2, -0.15) is 0 Å². The number of ether oxygens (including phenoxy) is 1. The number of anilines is 1. The Hall–Kier alpha value is -2.01. The predicted octanol–water partition coefficient (Wildman–Crippen LogP) is 3.46. The van der Waals surface area contributed by atoms with Crippen LogP contribution in [0.5, 0.6) is 5.75 Å². The van der Waals surface area contributed by atoms with Gasteiger partial charge in [0.25, 0.3) is 0 Å². The summed E-state index contributed by atoms with van der Waals surface area (Å²) in [5, 5.41) is 0.728. The van der Waals surface area contributed by atoms with Gasteiger partial charge in [-0.15, -0.1) is 11.3 Å². The quantitative estimate of drug-likeness (QED) is 0.766. The number of nitrogen functional groups attached to an aromatic ring is 1. The smallest absolute Gasteiger partial charge is 0.230 e. The average Bonchev–Trinajstić information content (AvgIpc) is 2.90. The van der Waals surface area contributed by atoms with Crippen LogP contribution in [-0.4, -0.2) is 12.1 Å². The van der Waals surface area contributed by atoms with E-state index in [0.717, 1.165) is 26.7 Å². The third-order valence-corrected chi connectivity index (χ3v) is 3.59. The third kappa shape index (κ3) is 1.73.